The number of hydrogen-bond donors (Lipinski definition) is 2. The molecule has 0 amide bonds. The molecular formula is C23H19N5O4. The minimum absolute atomic E-state index is 0.00816. The molecule has 4 aromatic rings. The number of nitrogens with one attached hydrogen (secondary N) is 2. The summed E-state index contributed by atoms with van der Waals surface area (Å²) in [5.74, 6) is 0. The molecule has 2 aromatic carbocycles. The normalized spacial score (nSPS) is 16.3. The number of rotatable bonds is 4. The zero-order valence-corrected chi connectivity index (χ0v) is 17.0. The summed E-state index contributed by atoms with van der Waals surface area (Å²) in [6.07, 6.45) is 0.778. The van der Waals surface area contributed by atoms with E-state index in [0.29, 0.717) is 29.9 Å². The summed E-state index contributed by atoms with van der Waals surface area (Å²) in [6, 6.07) is 15.5. The summed E-state index contributed by atoms with van der Waals surface area (Å²) in [7, 11) is 0. The number of non-ortho nitro benzene ring substituents is 1. The van der Waals surface area contributed by atoms with Crippen LogP contribution >= 0.6 is 0 Å². The lowest BCUT2D eigenvalue weighted by atomic mass is 10.0. The van der Waals surface area contributed by atoms with Gasteiger partial charge in [-0.1, -0.05) is 6.07 Å². The fourth-order valence-corrected chi connectivity index (χ4v) is 4.23. The molecule has 1 aliphatic rings. The van der Waals surface area contributed by atoms with Gasteiger partial charge in [-0.25, -0.2) is 0 Å². The fraction of sp³-hybridized carbons (Fsp3) is 0.217. The van der Waals surface area contributed by atoms with Gasteiger partial charge in [0.15, 0.2) is 0 Å². The molecule has 1 saturated heterocycles. The molecule has 160 valence electrons. The Balaban J connectivity index is 1.71. The van der Waals surface area contributed by atoms with Gasteiger partial charge in [0.05, 0.1) is 29.2 Å². The maximum atomic E-state index is 13.1. The highest BCUT2D eigenvalue weighted by Crippen LogP contribution is 2.29. The van der Waals surface area contributed by atoms with Crippen molar-refractivity contribution in [3.05, 3.63) is 80.1 Å². The number of H-pyrrole nitrogens is 1. The fourth-order valence-electron chi connectivity index (χ4n) is 4.23. The highest BCUT2D eigenvalue weighted by molar-refractivity contribution is 6.06. The first kappa shape index (κ1) is 19.9. The summed E-state index contributed by atoms with van der Waals surface area (Å²) in [5, 5.41) is 24.8. The first-order valence-corrected chi connectivity index (χ1v) is 10.2. The van der Waals surface area contributed by atoms with E-state index in [0.717, 1.165) is 29.4 Å². The van der Waals surface area contributed by atoms with Crippen LogP contribution in [0.25, 0.3) is 27.6 Å². The van der Waals surface area contributed by atoms with Gasteiger partial charge in [0, 0.05) is 41.3 Å². The lowest BCUT2D eigenvalue weighted by molar-refractivity contribution is -0.384. The SMILES string of the molecule is N#Cc1cc2[nH]c3ccc(CC4COCCN4)cc3c2n(-c2ccc([N+](=O)[O-])cc2)c1=O. The van der Waals surface area contributed by atoms with Crippen LogP contribution < -0.4 is 10.9 Å². The average Bonchev–Trinajstić information content (AvgIpc) is 3.17. The number of nitro groups is 1. The average molecular weight is 429 g/mol. The number of ether oxygens (including phenoxy) is 1. The summed E-state index contributed by atoms with van der Waals surface area (Å²) in [5.41, 5.74) is 3.11. The molecule has 0 radical (unpaired) electrons. The Morgan fingerprint density at radius 3 is 2.69 bits per heavy atom. The topological polar surface area (TPSA) is 126 Å². The van der Waals surface area contributed by atoms with Gasteiger partial charge in [-0.15, -0.1) is 0 Å². The van der Waals surface area contributed by atoms with Crippen molar-refractivity contribution in [1.29, 1.82) is 5.26 Å². The second-order valence-corrected chi connectivity index (χ2v) is 7.78. The van der Waals surface area contributed by atoms with E-state index in [2.05, 4.69) is 10.3 Å². The third-order valence-electron chi connectivity index (χ3n) is 5.73. The van der Waals surface area contributed by atoms with E-state index in [1.165, 1.54) is 28.8 Å². The number of hydrogen-bond acceptors (Lipinski definition) is 6. The molecule has 0 saturated carbocycles. The van der Waals surface area contributed by atoms with Gasteiger partial charge in [-0.05, 0) is 42.3 Å². The zero-order valence-electron chi connectivity index (χ0n) is 17.0. The van der Waals surface area contributed by atoms with Gasteiger partial charge < -0.3 is 15.0 Å². The smallest absolute Gasteiger partial charge is 0.273 e. The van der Waals surface area contributed by atoms with Crippen molar-refractivity contribution in [2.24, 2.45) is 0 Å². The van der Waals surface area contributed by atoms with E-state index in [1.807, 2.05) is 24.3 Å². The number of nitrogens with zero attached hydrogens (tertiary/aromatic N) is 3. The first-order chi connectivity index (χ1) is 15.5. The molecule has 1 aliphatic heterocycles. The summed E-state index contributed by atoms with van der Waals surface area (Å²) >= 11 is 0. The molecular weight excluding hydrogens is 410 g/mol. The molecule has 1 fully saturated rings. The van der Waals surface area contributed by atoms with Crippen LogP contribution in [0, 0.1) is 21.4 Å². The van der Waals surface area contributed by atoms with Crippen LogP contribution in [0.5, 0.6) is 0 Å². The molecule has 32 heavy (non-hydrogen) atoms. The Kier molecular flexibility index (Phi) is 4.93. The second kappa shape index (κ2) is 7.92. The minimum Gasteiger partial charge on any atom is -0.379 e. The predicted octanol–water partition coefficient (Wildman–Crippen LogP) is 2.78. The van der Waals surface area contributed by atoms with Gasteiger partial charge in [0.2, 0.25) is 0 Å². The Labute approximate surface area is 182 Å². The zero-order chi connectivity index (χ0) is 22.2. The van der Waals surface area contributed by atoms with Crippen molar-refractivity contribution in [3.63, 3.8) is 0 Å². The Morgan fingerprint density at radius 2 is 2.00 bits per heavy atom. The molecule has 5 rings (SSSR count). The van der Waals surface area contributed by atoms with Gasteiger partial charge >= 0.3 is 0 Å². The predicted molar refractivity (Wildman–Crippen MR) is 119 cm³/mol. The molecule has 0 spiro atoms. The Hall–Kier alpha value is -4.00. The van der Waals surface area contributed by atoms with Crippen LogP contribution in [0.1, 0.15) is 11.1 Å². The van der Waals surface area contributed by atoms with E-state index in [1.54, 1.807) is 6.07 Å². The molecule has 0 bridgehead atoms. The van der Waals surface area contributed by atoms with Crippen LogP contribution in [0.15, 0.2) is 53.3 Å². The van der Waals surface area contributed by atoms with E-state index >= 15 is 0 Å². The number of aromatic amines is 1. The summed E-state index contributed by atoms with van der Waals surface area (Å²) in [6.45, 7) is 2.17. The van der Waals surface area contributed by atoms with Gasteiger partial charge in [0.25, 0.3) is 11.2 Å². The number of fused-ring (bicyclic) bond motifs is 3. The number of benzene rings is 2. The molecule has 2 N–H and O–H groups in total. The number of nitro benzene ring substituents is 1. The maximum Gasteiger partial charge on any atom is 0.273 e. The molecule has 3 heterocycles. The van der Waals surface area contributed by atoms with Crippen LogP contribution in [0.2, 0.25) is 0 Å². The van der Waals surface area contributed by atoms with Crippen molar-refractivity contribution >= 4 is 27.6 Å². The maximum absolute atomic E-state index is 13.1. The standard InChI is InChI=1S/C23H19N5O4/c24-12-15-11-21-22(27(23(15)29)17-2-4-18(5-3-17)28(30)31)19-10-14(1-6-20(19)26-21)9-16-13-32-8-7-25-16/h1-6,10-11,16,25-26H,7-9,13H2. The van der Waals surface area contributed by atoms with Crippen molar-refractivity contribution < 1.29 is 9.66 Å². The summed E-state index contributed by atoms with van der Waals surface area (Å²) in [4.78, 5) is 27.0. The number of aromatic nitrogens is 2. The quantitative estimate of drug-likeness (QED) is 0.379. The highest BCUT2D eigenvalue weighted by atomic mass is 16.6. The molecule has 9 heteroatoms. The lowest BCUT2D eigenvalue weighted by Gasteiger charge is -2.23. The third kappa shape index (κ3) is 3.41. The lowest BCUT2D eigenvalue weighted by Crippen LogP contribution is -2.42. The van der Waals surface area contributed by atoms with Gasteiger partial charge in [-0.2, -0.15) is 5.26 Å². The van der Waals surface area contributed by atoms with Crippen molar-refractivity contribution in [2.75, 3.05) is 19.8 Å². The van der Waals surface area contributed by atoms with E-state index < -0.39 is 10.5 Å². The monoisotopic (exact) mass is 429 g/mol. The molecule has 1 unspecified atom stereocenters. The number of morpholine rings is 1. The molecule has 9 nitrogen and oxygen atoms in total. The highest BCUT2D eigenvalue weighted by Gasteiger charge is 2.18. The number of pyridine rings is 1. The van der Waals surface area contributed by atoms with Crippen molar-refractivity contribution in [1.82, 2.24) is 14.9 Å². The Bertz CT molecular complexity index is 1440. The summed E-state index contributed by atoms with van der Waals surface area (Å²) < 4.78 is 7.00. The first-order valence-electron chi connectivity index (χ1n) is 10.2. The third-order valence-corrected chi connectivity index (χ3v) is 5.73. The van der Waals surface area contributed by atoms with Crippen LogP contribution in [-0.2, 0) is 11.2 Å². The van der Waals surface area contributed by atoms with E-state index in [4.69, 9.17) is 4.74 Å². The largest absolute Gasteiger partial charge is 0.379 e. The van der Waals surface area contributed by atoms with Gasteiger partial charge in [-0.3, -0.25) is 19.5 Å². The van der Waals surface area contributed by atoms with Crippen LogP contribution in [0.3, 0.4) is 0 Å². The van der Waals surface area contributed by atoms with Crippen molar-refractivity contribution in [2.45, 2.75) is 12.5 Å². The molecule has 2 aromatic heterocycles. The second-order valence-electron chi connectivity index (χ2n) is 7.78. The van der Waals surface area contributed by atoms with Gasteiger partial charge in [0.1, 0.15) is 11.6 Å². The molecule has 0 aliphatic carbocycles. The Morgan fingerprint density at radius 1 is 1.19 bits per heavy atom. The van der Waals surface area contributed by atoms with E-state index in [9.17, 15) is 20.2 Å². The van der Waals surface area contributed by atoms with Crippen LogP contribution in [-0.4, -0.2) is 40.3 Å². The minimum atomic E-state index is -0.491. The van der Waals surface area contributed by atoms with E-state index in [-0.39, 0.29) is 17.3 Å². The van der Waals surface area contributed by atoms with Crippen LogP contribution in [0.4, 0.5) is 5.69 Å². The number of nitriles is 1. The molecule has 1 atom stereocenters. The van der Waals surface area contributed by atoms with Crippen molar-refractivity contribution in [3.8, 4) is 11.8 Å².